The van der Waals surface area contributed by atoms with Gasteiger partial charge in [0.25, 0.3) is 0 Å². The molecule has 4 nitrogen and oxygen atoms in total. The number of carbonyl (C=O) groups is 1. The van der Waals surface area contributed by atoms with Crippen LogP contribution in [0.2, 0.25) is 0 Å². The zero-order valence-electron chi connectivity index (χ0n) is 11.3. The van der Waals surface area contributed by atoms with Crippen molar-refractivity contribution in [3.63, 3.8) is 0 Å². The summed E-state index contributed by atoms with van der Waals surface area (Å²) in [6, 6.07) is -0.551. The van der Waals surface area contributed by atoms with Crippen LogP contribution in [0.5, 0.6) is 0 Å². The van der Waals surface area contributed by atoms with Gasteiger partial charge in [0, 0.05) is 11.0 Å². The molecule has 1 aliphatic rings. The van der Waals surface area contributed by atoms with Crippen LogP contribution in [0.3, 0.4) is 0 Å². The van der Waals surface area contributed by atoms with Gasteiger partial charge in [-0.25, -0.2) is 0 Å². The minimum Gasteiger partial charge on any atom is -0.468 e. The fraction of sp³-hybridized carbons (Fsp3) is 0.917. The molecule has 0 aromatic carbocycles. The average molecular weight is 261 g/mol. The molecular formula is C12H23NO3S. The quantitative estimate of drug-likeness (QED) is 0.778. The lowest BCUT2D eigenvalue weighted by Crippen LogP contribution is -2.37. The molecule has 5 heteroatoms. The van der Waals surface area contributed by atoms with Crippen LogP contribution in [0.4, 0.5) is 0 Å². The molecule has 2 N–H and O–H groups in total. The van der Waals surface area contributed by atoms with Gasteiger partial charge < -0.3 is 15.2 Å². The monoisotopic (exact) mass is 261 g/mol. The van der Waals surface area contributed by atoms with Crippen LogP contribution < -0.4 is 5.73 Å². The summed E-state index contributed by atoms with van der Waals surface area (Å²) in [5.41, 5.74) is 5.45. The first kappa shape index (κ1) is 14.8. The first-order valence-electron chi connectivity index (χ1n) is 5.83. The van der Waals surface area contributed by atoms with Crippen LogP contribution in [-0.4, -0.2) is 41.3 Å². The van der Waals surface area contributed by atoms with Crippen LogP contribution in [0, 0.1) is 0 Å². The van der Waals surface area contributed by atoms with E-state index in [9.17, 15) is 4.79 Å². The van der Waals surface area contributed by atoms with Gasteiger partial charge in [-0.2, -0.15) is 11.8 Å². The maximum atomic E-state index is 11.2. The number of methoxy groups -OCH3 is 1. The summed E-state index contributed by atoms with van der Waals surface area (Å²) in [6.07, 6.45) is 0.971. The topological polar surface area (TPSA) is 61.5 Å². The first-order valence-corrected chi connectivity index (χ1v) is 6.88. The molecular weight excluding hydrogens is 238 g/mol. The molecule has 0 saturated carbocycles. The molecule has 2 unspecified atom stereocenters. The summed E-state index contributed by atoms with van der Waals surface area (Å²) < 4.78 is 10.6. The van der Waals surface area contributed by atoms with Crippen LogP contribution in [0.25, 0.3) is 0 Å². The van der Waals surface area contributed by atoms with E-state index in [0.29, 0.717) is 11.0 Å². The van der Waals surface area contributed by atoms with E-state index in [0.717, 1.165) is 6.42 Å². The lowest BCUT2D eigenvalue weighted by atomic mass is 10.0. The van der Waals surface area contributed by atoms with E-state index in [-0.39, 0.29) is 17.2 Å². The van der Waals surface area contributed by atoms with Gasteiger partial charge in [0.2, 0.25) is 0 Å². The zero-order chi connectivity index (χ0) is 13.3. The van der Waals surface area contributed by atoms with Crippen molar-refractivity contribution in [1.29, 1.82) is 0 Å². The van der Waals surface area contributed by atoms with E-state index in [2.05, 4.69) is 32.4 Å². The Kier molecular flexibility index (Phi) is 4.49. The molecule has 17 heavy (non-hydrogen) atoms. The highest BCUT2D eigenvalue weighted by Crippen LogP contribution is 2.43. The number of thioether (sulfide) groups is 1. The third-order valence-corrected chi connectivity index (χ3v) is 4.66. The highest BCUT2D eigenvalue weighted by molar-refractivity contribution is 8.00. The van der Waals surface area contributed by atoms with E-state index in [4.69, 9.17) is 10.5 Å². The number of carbonyl (C=O) groups excluding carboxylic acids is 1. The SMILES string of the molecule is COC(=O)C(N)CSC1CC(C)(C)OC1(C)C. The van der Waals surface area contributed by atoms with Crippen molar-refractivity contribution in [2.24, 2.45) is 5.73 Å². The zero-order valence-corrected chi connectivity index (χ0v) is 12.1. The van der Waals surface area contributed by atoms with Crippen molar-refractivity contribution in [2.45, 2.75) is 56.6 Å². The predicted molar refractivity (Wildman–Crippen MR) is 70.1 cm³/mol. The molecule has 1 aliphatic heterocycles. The minimum absolute atomic E-state index is 0.101. The van der Waals surface area contributed by atoms with Gasteiger partial charge in [-0.1, -0.05) is 0 Å². The maximum Gasteiger partial charge on any atom is 0.323 e. The second-order valence-corrected chi connectivity index (χ2v) is 6.86. The molecule has 0 amide bonds. The Morgan fingerprint density at radius 3 is 2.53 bits per heavy atom. The average Bonchev–Trinajstić information content (AvgIpc) is 2.41. The summed E-state index contributed by atoms with van der Waals surface area (Å²) in [5, 5.41) is 0.355. The van der Waals surface area contributed by atoms with Crippen LogP contribution >= 0.6 is 11.8 Å². The molecule has 2 atom stereocenters. The third-order valence-electron chi connectivity index (χ3n) is 2.97. The third kappa shape index (κ3) is 3.86. The number of esters is 1. The summed E-state index contributed by atoms with van der Waals surface area (Å²) in [5.74, 6) is 0.216. The Bertz CT molecular complexity index is 291. The number of rotatable bonds is 4. The summed E-state index contributed by atoms with van der Waals surface area (Å²) in [4.78, 5) is 11.2. The van der Waals surface area contributed by atoms with Gasteiger partial charge in [-0.05, 0) is 34.1 Å². The van der Waals surface area contributed by atoms with Gasteiger partial charge in [-0.3, -0.25) is 4.79 Å². The van der Waals surface area contributed by atoms with Crippen molar-refractivity contribution < 1.29 is 14.3 Å². The molecule has 0 aromatic heterocycles. The highest BCUT2D eigenvalue weighted by atomic mass is 32.2. The number of nitrogens with two attached hydrogens (primary N) is 1. The Morgan fingerprint density at radius 2 is 2.12 bits per heavy atom. The molecule has 0 spiro atoms. The van der Waals surface area contributed by atoms with Gasteiger partial charge in [0.1, 0.15) is 6.04 Å². The lowest BCUT2D eigenvalue weighted by molar-refractivity contribution is -0.141. The van der Waals surface area contributed by atoms with Crippen molar-refractivity contribution in [1.82, 2.24) is 0 Å². The molecule has 0 aromatic rings. The molecule has 1 fully saturated rings. The lowest BCUT2D eigenvalue weighted by Gasteiger charge is -2.27. The fourth-order valence-corrected chi connectivity index (χ4v) is 3.76. The highest BCUT2D eigenvalue weighted by Gasteiger charge is 2.46. The summed E-state index contributed by atoms with van der Waals surface area (Å²) in [7, 11) is 1.36. The Balaban J connectivity index is 2.50. The molecule has 100 valence electrons. The van der Waals surface area contributed by atoms with Crippen LogP contribution in [0.15, 0.2) is 0 Å². The van der Waals surface area contributed by atoms with Crippen molar-refractivity contribution in [3.05, 3.63) is 0 Å². The first-order chi connectivity index (χ1) is 7.68. The smallest absolute Gasteiger partial charge is 0.323 e. The number of ether oxygens (including phenoxy) is 2. The van der Waals surface area contributed by atoms with E-state index >= 15 is 0 Å². The Hall–Kier alpha value is -0.260. The normalized spacial score (nSPS) is 27.8. The van der Waals surface area contributed by atoms with Gasteiger partial charge in [0.05, 0.1) is 18.3 Å². The molecule has 1 rings (SSSR count). The largest absolute Gasteiger partial charge is 0.468 e. The molecule has 1 heterocycles. The van der Waals surface area contributed by atoms with Gasteiger partial charge in [0.15, 0.2) is 0 Å². The Morgan fingerprint density at radius 1 is 1.53 bits per heavy atom. The van der Waals surface area contributed by atoms with Crippen molar-refractivity contribution in [3.8, 4) is 0 Å². The summed E-state index contributed by atoms with van der Waals surface area (Å²) >= 11 is 1.69. The Labute approximate surface area is 108 Å². The van der Waals surface area contributed by atoms with E-state index in [1.165, 1.54) is 7.11 Å². The molecule has 1 saturated heterocycles. The van der Waals surface area contributed by atoms with Gasteiger partial charge >= 0.3 is 5.97 Å². The molecule has 0 aliphatic carbocycles. The fourth-order valence-electron chi connectivity index (χ4n) is 2.21. The minimum atomic E-state index is -0.551. The van der Waals surface area contributed by atoms with E-state index in [1.807, 2.05) is 0 Å². The van der Waals surface area contributed by atoms with Crippen LogP contribution in [0.1, 0.15) is 34.1 Å². The second kappa shape index (κ2) is 5.16. The van der Waals surface area contributed by atoms with Crippen molar-refractivity contribution in [2.75, 3.05) is 12.9 Å². The van der Waals surface area contributed by atoms with Gasteiger partial charge in [-0.15, -0.1) is 0 Å². The number of hydrogen-bond acceptors (Lipinski definition) is 5. The van der Waals surface area contributed by atoms with E-state index < -0.39 is 6.04 Å². The van der Waals surface area contributed by atoms with E-state index in [1.54, 1.807) is 11.8 Å². The standard InChI is InChI=1S/C12H23NO3S/c1-11(2)6-9(12(3,4)16-11)17-7-8(13)10(14)15-5/h8-9H,6-7,13H2,1-5H3. The maximum absolute atomic E-state index is 11.2. The predicted octanol–water partition coefficient (Wildman–Crippen LogP) is 1.57. The van der Waals surface area contributed by atoms with Crippen LogP contribution in [-0.2, 0) is 14.3 Å². The second-order valence-electron chi connectivity index (χ2n) is 5.62. The number of hydrogen-bond donors (Lipinski definition) is 1. The van der Waals surface area contributed by atoms with Crippen molar-refractivity contribution >= 4 is 17.7 Å². The molecule has 0 bridgehead atoms. The molecule has 0 radical (unpaired) electrons. The summed E-state index contributed by atoms with van der Waals surface area (Å²) in [6.45, 7) is 8.36.